The summed E-state index contributed by atoms with van der Waals surface area (Å²) in [5.74, 6) is 0.254. The van der Waals surface area contributed by atoms with Crippen LogP contribution in [-0.2, 0) is 0 Å². The summed E-state index contributed by atoms with van der Waals surface area (Å²) in [5.41, 5.74) is 3.46. The first-order chi connectivity index (χ1) is 10.1. The molecule has 0 fully saturated rings. The Balaban J connectivity index is 1.99. The third-order valence-electron chi connectivity index (χ3n) is 3.37. The van der Waals surface area contributed by atoms with Gasteiger partial charge in [0.15, 0.2) is 5.65 Å². The van der Waals surface area contributed by atoms with E-state index in [1.54, 1.807) is 24.4 Å². The summed E-state index contributed by atoms with van der Waals surface area (Å²) in [7, 11) is 0. The van der Waals surface area contributed by atoms with Gasteiger partial charge in [-0.2, -0.15) is 4.98 Å². The molecule has 3 aromatic rings. The number of aromatic nitrogens is 2. The molecule has 2 heterocycles. The maximum Gasteiger partial charge on any atom is 0.348 e. The highest BCUT2D eigenvalue weighted by atomic mass is 16.4. The molecule has 104 valence electrons. The Labute approximate surface area is 121 Å². The van der Waals surface area contributed by atoms with Gasteiger partial charge in [0.1, 0.15) is 5.39 Å². The zero-order chi connectivity index (χ0) is 14.8. The van der Waals surface area contributed by atoms with Crippen LogP contribution in [0.4, 0.5) is 0 Å². The summed E-state index contributed by atoms with van der Waals surface area (Å²) in [6, 6.07) is 9.48. The minimum absolute atomic E-state index is 0.254. The quantitative estimate of drug-likeness (QED) is 0.721. The number of benzene rings is 1. The highest BCUT2D eigenvalue weighted by Crippen LogP contribution is 2.13. The van der Waals surface area contributed by atoms with Crippen molar-refractivity contribution in [2.75, 3.05) is 0 Å². The molecule has 0 unspecified atom stereocenters. The number of fused-ring (bicyclic) bond motifs is 1. The van der Waals surface area contributed by atoms with Gasteiger partial charge in [0.25, 0.3) is 0 Å². The van der Waals surface area contributed by atoms with Gasteiger partial charge < -0.3 is 4.42 Å². The fourth-order valence-electron chi connectivity index (χ4n) is 2.03. The number of aryl methyl sites for hydroxylation is 2. The Bertz CT molecular complexity index is 895. The molecule has 4 heteroatoms. The zero-order valence-electron chi connectivity index (χ0n) is 11.8. The molecule has 0 saturated heterocycles. The van der Waals surface area contributed by atoms with Crippen LogP contribution in [-0.4, -0.2) is 9.97 Å². The molecule has 2 aromatic heterocycles. The van der Waals surface area contributed by atoms with Crippen molar-refractivity contribution in [3.05, 3.63) is 69.5 Å². The van der Waals surface area contributed by atoms with E-state index in [4.69, 9.17) is 4.42 Å². The third-order valence-corrected chi connectivity index (χ3v) is 3.37. The van der Waals surface area contributed by atoms with Gasteiger partial charge in [0, 0.05) is 12.3 Å². The van der Waals surface area contributed by atoms with Crippen LogP contribution in [0.1, 0.15) is 22.6 Å². The second-order valence-electron chi connectivity index (χ2n) is 4.89. The van der Waals surface area contributed by atoms with Crippen molar-refractivity contribution < 1.29 is 4.42 Å². The molecule has 21 heavy (non-hydrogen) atoms. The topological polar surface area (TPSA) is 56.0 Å². The fourth-order valence-corrected chi connectivity index (χ4v) is 2.03. The molecule has 0 aliphatic carbocycles. The van der Waals surface area contributed by atoms with Crippen molar-refractivity contribution in [3.63, 3.8) is 0 Å². The summed E-state index contributed by atoms with van der Waals surface area (Å²) < 4.78 is 5.17. The summed E-state index contributed by atoms with van der Waals surface area (Å²) in [6.07, 6.45) is 5.15. The predicted octanol–water partition coefficient (Wildman–Crippen LogP) is 3.37. The van der Waals surface area contributed by atoms with Gasteiger partial charge in [-0.1, -0.05) is 18.2 Å². The van der Waals surface area contributed by atoms with Crippen LogP contribution in [0, 0.1) is 13.8 Å². The molecule has 0 atom stereocenters. The molecule has 0 saturated carbocycles. The van der Waals surface area contributed by atoms with Crippen molar-refractivity contribution >= 4 is 23.2 Å². The van der Waals surface area contributed by atoms with Gasteiger partial charge in [-0.05, 0) is 48.7 Å². The molecule has 0 N–H and O–H groups in total. The van der Waals surface area contributed by atoms with Gasteiger partial charge in [0.05, 0.1) is 0 Å². The van der Waals surface area contributed by atoms with E-state index < -0.39 is 5.63 Å². The van der Waals surface area contributed by atoms with E-state index >= 15 is 0 Å². The Morgan fingerprint density at radius 3 is 2.76 bits per heavy atom. The Morgan fingerprint density at radius 2 is 1.95 bits per heavy atom. The van der Waals surface area contributed by atoms with E-state index in [1.807, 2.05) is 12.1 Å². The SMILES string of the molecule is Cc1ccc(/C=C/c2nc3ncccc3c(=O)o2)cc1C. The smallest absolute Gasteiger partial charge is 0.348 e. The first kappa shape index (κ1) is 13.2. The van der Waals surface area contributed by atoms with Gasteiger partial charge in [-0.25, -0.2) is 9.78 Å². The standard InChI is InChI=1S/C17H14N2O2/c1-11-5-6-13(10-12(11)2)7-8-15-19-16-14(17(20)21-15)4-3-9-18-16/h3-10H,1-2H3/b8-7+. The van der Waals surface area contributed by atoms with Crippen molar-refractivity contribution in [1.29, 1.82) is 0 Å². The monoisotopic (exact) mass is 278 g/mol. The zero-order valence-corrected chi connectivity index (χ0v) is 11.8. The van der Waals surface area contributed by atoms with Crippen molar-refractivity contribution in [2.24, 2.45) is 0 Å². The van der Waals surface area contributed by atoms with Crippen LogP contribution >= 0.6 is 0 Å². The average molecular weight is 278 g/mol. The molecule has 0 bridgehead atoms. The van der Waals surface area contributed by atoms with E-state index in [1.165, 1.54) is 11.1 Å². The van der Waals surface area contributed by atoms with E-state index in [2.05, 4.69) is 35.9 Å². The maximum atomic E-state index is 11.8. The maximum absolute atomic E-state index is 11.8. The van der Waals surface area contributed by atoms with Crippen LogP contribution < -0.4 is 5.63 Å². The first-order valence-electron chi connectivity index (χ1n) is 6.65. The lowest BCUT2D eigenvalue weighted by atomic mass is 10.1. The molecule has 0 spiro atoms. The molecule has 0 aliphatic heterocycles. The second kappa shape index (κ2) is 5.32. The van der Waals surface area contributed by atoms with E-state index in [0.717, 1.165) is 5.56 Å². The molecule has 4 nitrogen and oxygen atoms in total. The number of rotatable bonds is 2. The van der Waals surface area contributed by atoms with Crippen LogP contribution in [0.15, 0.2) is 45.7 Å². The minimum Gasteiger partial charge on any atom is -0.404 e. The number of pyridine rings is 1. The number of hydrogen-bond acceptors (Lipinski definition) is 4. The molecular weight excluding hydrogens is 264 g/mol. The predicted molar refractivity (Wildman–Crippen MR) is 82.9 cm³/mol. The lowest BCUT2D eigenvalue weighted by Crippen LogP contribution is -2.03. The molecule has 3 rings (SSSR count). The number of nitrogens with zero attached hydrogens (tertiary/aromatic N) is 2. The fraction of sp³-hybridized carbons (Fsp3) is 0.118. The molecule has 1 aromatic carbocycles. The van der Waals surface area contributed by atoms with Gasteiger partial charge in [0.2, 0.25) is 5.89 Å². The van der Waals surface area contributed by atoms with Crippen LogP contribution in [0.25, 0.3) is 23.2 Å². The largest absolute Gasteiger partial charge is 0.404 e. The normalized spacial score (nSPS) is 11.3. The summed E-state index contributed by atoms with van der Waals surface area (Å²) in [5, 5.41) is 0.390. The Morgan fingerprint density at radius 1 is 1.10 bits per heavy atom. The Kier molecular flexibility index (Phi) is 3.36. The van der Waals surface area contributed by atoms with Crippen LogP contribution in [0.2, 0.25) is 0 Å². The second-order valence-corrected chi connectivity index (χ2v) is 4.89. The highest BCUT2D eigenvalue weighted by Gasteiger charge is 2.04. The van der Waals surface area contributed by atoms with Crippen LogP contribution in [0.5, 0.6) is 0 Å². The van der Waals surface area contributed by atoms with E-state index in [-0.39, 0.29) is 5.89 Å². The number of hydrogen-bond donors (Lipinski definition) is 0. The van der Waals surface area contributed by atoms with Gasteiger partial charge in [-0.3, -0.25) is 0 Å². The molecule has 0 aliphatic rings. The first-order valence-corrected chi connectivity index (χ1v) is 6.65. The van der Waals surface area contributed by atoms with Crippen molar-refractivity contribution in [2.45, 2.75) is 13.8 Å². The lowest BCUT2D eigenvalue weighted by molar-refractivity contribution is 0.490. The van der Waals surface area contributed by atoms with Gasteiger partial charge >= 0.3 is 5.63 Å². The van der Waals surface area contributed by atoms with Crippen molar-refractivity contribution in [3.8, 4) is 0 Å². The third kappa shape index (κ3) is 2.74. The molecule has 0 radical (unpaired) electrons. The molecule has 0 amide bonds. The summed E-state index contributed by atoms with van der Waals surface area (Å²) in [4.78, 5) is 20.1. The van der Waals surface area contributed by atoms with E-state index in [9.17, 15) is 4.79 Å². The van der Waals surface area contributed by atoms with Gasteiger partial charge in [-0.15, -0.1) is 0 Å². The average Bonchev–Trinajstić information content (AvgIpc) is 2.49. The highest BCUT2D eigenvalue weighted by molar-refractivity contribution is 5.74. The van der Waals surface area contributed by atoms with Crippen LogP contribution in [0.3, 0.4) is 0 Å². The van der Waals surface area contributed by atoms with Crippen molar-refractivity contribution in [1.82, 2.24) is 9.97 Å². The Hall–Kier alpha value is -2.75. The summed E-state index contributed by atoms with van der Waals surface area (Å²) >= 11 is 0. The van der Waals surface area contributed by atoms with E-state index in [0.29, 0.717) is 11.0 Å². The lowest BCUT2D eigenvalue weighted by Gasteiger charge is -2.00. The summed E-state index contributed by atoms with van der Waals surface area (Å²) in [6.45, 7) is 4.13. The molecular formula is C17H14N2O2. The minimum atomic E-state index is -0.423.